The Morgan fingerprint density at radius 1 is 1.41 bits per heavy atom. The Kier molecular flexibility index (Phi) is 3.11. The molecule has 1 aliphatic heterocycles. The second-order valence-corrected chi connectivity index (χ2v) is 5.93. The van der Waals surface area contributed by atoms with E-state index in [0.29, 0.717) is 22.5 Å². The predicted molar refractivity (Wildman–Crippen MR) is 85.4 cm³/mol. The van der Waals surface area contributed by atoms with E-state index in [4.69, 9.17) is 11.6 Å². The Labute approximate surface area is 131 Å². The van der Waals surface area contributed by atoms with E-state index < -0.39 is 0 Å². The third-order valence-electron chi connectivity index (χ3n) is 3.78. The van der Waals surface area contributed by atoms with Crippen LogP contribution < -0.4 is 10.6 Å². The van der Waals surface area contributed by atoms with Crippen molar-refractivity contribution in [2.24, 2.45) is 10.9 Å². The van der Waals surface area contributed by atoms with Gasteiger partial charge in [-0.25, -0.2) is 9.98 Å². The molecule has 3 heterocycles. The molecule has 0 aromatic carbocycles. The van der Waals surface area contributed by atoms with Gasteiger partial charge in [0, 0.05) is 23.7 Å². The van der Waals surface area contributed by atoms with Crippen LogP contribution >= 0.6 is 11.6 Å². The molecule has 1 saturated carbocycles. The van der Waals surface area contributed by atoms with Gasteiger partial charge >= 0.3 is 0 Å². The molecule has 0 spiro atoms. The summed E-state index contributed by atoms with van der Waals surface area (Å²) in [5.74, 6) is 1.05. The zero-order valence-corrected chi connectivity index (χ0v) is 12.4. The fourth-order valence-corrected chi connectivity index (χ4v) is 2.53. The van der Waals surface area contributed by atoms with E-state index in [1.165, 1.54) is 12.8 Å². The van der Waals surface area contributed by atoms with Gasteiger partial charge in [0.1, 0.15) is 16.5 Å². The summed E-state index contributed by atoms with van der Waals surface area (Å²) >= 11 is 5.87. The maximum atomic E-state index is 12.0. The smallest absolute Gasteiger partial charge is 0.276 e. The summed E-state index contributed by atoms with van der Waals surface area (Å²) in [6, 6.07) is 3.59. The number of fused-ring (bicyclic) bond motifs is 1. The molecule has 3 N–H and O–H groups in total. The lowest BCUT2D eigenvalue weighted by Gasteiger charge is -2.02. The monoisotopic (exact) mass is 315 g/mol. The normalized spacial score (nSPS) is 19.6. The van der Waals surface area contributed by atoms with Crippen LogP contribution in [-0.2, 0) is 4.79 Å². The van der Waals surface area contributed by atoms with Crippen LogP contribution in [0, 0.1) is 5.92 Å². The summed E-state index contributed by atoms with van der Waals surface area (Å²) in [7, 11) is 0. The van der Waals surface area contributed by atoms with Crippen molar-refractivity contribution < 1.29 is 4.79 Å². The summed E-state index contributed by atoms with van der Waals surface area (Å²) in [5.41, 5.74) is 1.93. The number of aliphatic imine (C=N–C) groups is 1. The van der Waals surface area contributed by atoms with Crippen LogP contribution in [0.5, 0.6) is 0 Å². The zero-order chi connectivity index (χ0) is 15.1. The number of carbonyl (C=O) groups excluding carboxylic acids is 1. The molecule has 1 fully saturated rings. The number of hydrogen-bond donors (Lipinski definition) is 3. The quantitative estimate of drug-likeness (QED) is 0.599. The van der Waals surface area contributed by atoms with Gasteiger partial charge < -0.3 is 10.3 Å². The Bertz CT molecular complexity index is 818. The lowest BCUT2D eigenvalue weighted by atomic mass is 10.2. The average molecular weight is 316 g/mol. The number of guanidine groups is 1. The maximum Gasteiger partial charge on any atom is 0.276 e. The fraction of sp³-hybridized carbons (Fsp3) is 0.267. The molecule has 1 amide bonds. The molecule has 0 radical (unpaired) electrons. The second kappa shape index (κ2) is 5.14. The van der Waals surface area contributed by atoms with Gasteiger partial charge in [0.15, 0.2) is 0 Å². The van der Waals surface area contributed by atoms with Gasteiger partial charge in [0.25, 0.3) is 5.91 Å². The van der Waals surface area contributed by atoms with Crippen LogP contribution in [0.4, 0.5) is 0 Å². The van der Waals surface area contributed by atoms with E-state index in [1.54, 1.807) is 18.3 Å². The van der Waals surface area contributed by atoms with Crippen molar-refractivity contribution >= 4 is 40.6 Å². The molecular weight excluding hydrogens is 302 g/mol. The van der Waals surface area contributed by atoms with Gasteiger partial charge in [0.05, 0.1) is 0 Å². The molecule has 4 rings (SSSR count). The second-order valence-electron chi connectivity index (χ2n) is 5.54. The highest BCUT2D eigenvalue weighted by Crippen LogP contribution is 2.27. The minimum Gasteiger partial charge on any atom is -0.355 e. The maximum absolute atomic E-state index is 12.0. The Morgan fingerprint density at radius 2 is 2.27 bits per heavy atom. The first-order valence-corrected chi connectivity index (χ1v) is 7.56. The van der Waals surface area contributed by atoms with E-state index in [1.807, 2.05) is 6.07 Å². The van der Waals surface area contributed by atoms with Crippen molar-refractivity contribution in [1.82, 2.24) is 20.6 Å². The molecule has 7 heteroatoms. The molecule has 0 unspecified atom stereocenters. The van der Waals surface area contributed by atoms with Crippen LogP contribution in [0.1, 0.15) is 18.4 Å². The fourth-order valence-electron chi connectivity index (χ4n) is 2.38. The number of aromatic amines is 1. The van der Waals surface area contributed by atoms with Crippen molar-refractivity contribution in [3.05, 3.63) is 34.7 Å². The molecule has 1 aliphatic carbocycles. The first-order chi connectivity index (χ1) is 10.7. The van der Waals surface area contributed by atoms with Crippen molar-refractivity contribution in [2.45, 2.75) is 12.8 Å². The Hall–Kier alpha value is -2.34. The minimum atomic E-state index is -0.199. The van der Waals surface area contributed by atoms with E-state index >= 15 is 0 Å². The molecular formula is C15H14ClN5O. The molecule has 0 atom stereocenters. The highest BCUT2D eigenvalue weighted by Gasteiger charge is 2.24. The average Bonchev–Trinajstić information content (AvgIpc) is 3.16. The molecule has 2 aromatic heterocycles. The van der Waals surface area contributed by atoms with E-state index in [9.17, 15) is 4.79 Å². The van der Waals surface area contributed by atoms with Crippen LogP contribution in [0.2, 0.25) is 5.15 Å². The third-order valence-corrected chi connectivity index (χ3v) is 3.99. The number of nitrogens with one attached hydrogen (secondary N) is 3. The summed E-state index contributed by atoms with van der Waals surface area (Å²) < 4.78 is 0. The number of aromatic nitrogens is 2. The van der Waals surface area contributed by atoms with Crippen LogP contribution in [-0.4, -0.2) is 28.4 Å². The van der Waals surface area contributed by atoms with Gasteiger partial charge in [-0.3, -0.25) is 10.1 Å². The van der Waals surface area contributed by atoms with Crippen molar-refractivity contribution in [1.29, 1.82) is 0 Å². The molecule has 0 saturated heterocycles. The summed E-state index contributed by atoms with van der Waals surface area (Å²) in [6.45, 7) is 0.863. The SMILES string of the molecule is O=C1NC(NCC2CC2)=NC1=Cc1c[nH]c2nc(Cl)ccc12. The highest BCUT2D eigenvalue weighted by molar-refractivity contribution is 6.29. The van der Waals surface area contributed by atoms with Crippen LogP contribution in [0.15, 0.2) is 29.0 Å². The molecule has 112 valence electrons. The van der Waals surface area contributed by atoms with Crippen molar-refractivity contribution in [3.63, 3.8) is 0 Å². The number of rotatable bonds is 3. The summed E-state index contributed by atoms with van der Waals surface area (Å²) in [4.78, 5) is 23.5. The van der Waals surface area contributed by atoms with Gasteiger partial charge in [-0.2, -0.15) is 0 Å². The third kappa shape index (κ3) is 2.57. The Morgan fingerprint density at radius 3 is 3.09 bits per heavy atom. The zero-order valence-electron chi connectivity index (χ0n) is 11.7. The molecule has 22 heavy (non-hydrogen) atoms. The highest BCUT2D eigenvalue weighted by atomic mass is 35.5. The largest absolute Gasteiger partial charge is 0.355 e. The molecule has 0 bridgehead atoms. The summed E-state index contributed by atoms with van der Waals surface area (Å²) in [5, 5.41) is 7.24. The standard InChI is InChI=1S/C15H14ClN5O/c16-12-4-3-10-9(7-17-13(10)20-12)5-11-14(22)21-15(19-11)18-6-8-1-2-8/h3-5,7-8H,1-2,6H2,(H,17,20)(H2,18,19,21,22). The first-order valence-electron chi connectivity index (χ1n) is 7.18. The first kappa shape index (κ1) is 13.3. The van der Waals surface area contributed by atoms with Crippen LogP contribution in [0.25, 0.3) is 17.1 Å². The van der Waals surface area contributed by atoms with E-state index in [2.05, 4.69) is 25.6 Å². The number of carbonyl (C=O) groups is 1. The van der Waals surface area contributed by atoms with Crippen molar-refractivity contribution in [2.75, 3.05) is 6.54 Å². The number of nitrogens with zero attached hydrogens (tertiary/aromatic N) is 2. The topological polar surface area (TPSA) is 82.2 Å². The predicted octanol–water partition coefficient (Wildman–Crippen LogP) is 2.04. The molecule has 2 aliphatic rings. The van der Waals surface area contributed by atoms with Crippen LogP contribution in [0.3, 0.4) is 0 Å². The van der Waals surface area contributed by atoms with Gasteiger partial charge in [-0.1, -0.05) is 11.6 Å². The number of H-pyrrole nitrogens is 1. The minimum absolute atomic E-state index is 0.199. The van der Waals surface area contributed by atoms with E-state index in [0.717, 1.165) is 23.4 Å². The van der Waals surface area contributed by atoms with Crippen molar-refractivity contribution in [3.8, 4) is 0 Å². The number of halogens is 1. The molecule has 2 aromatic rings. The summed E-state index contributed by atoms with van der Waals surface area (Å²) in [6.07, 6.45) is 6.04. The lowest BCUT2D eigenvalue weighted by molar-refractivity contribution is -0.115. The lowest BCUT2D eigenvalue weighted by Crippen LogP contribution is -2.37. The Balaban J connectivity index is 1.61. The van der Waals surface area contributed by atoms with E-state index in [-0.39, 0.29) is 5.91 Å². The number of hydrogen-bond acceptors (Lipinski definition) is 4. The number of amides is 1. The van der Waals surface area contributed by atoms with Gasteiger partial charge in [0.2, 0.25) is 5.96 Å². The van der Waals surface area contributed by atoms with Gasteiger partial charge in [-0.05, 0) is 37.0 Å². The molecule has 6 nitrogen and oxygen atoms in total. The van der Waals surface area contributed by atoms with Gasteiger partial charge in [-0.15, -0.1) is 0 Å². The number of pyridine rings is 1.